The molecule has 10 aromatic carbocycles. The van der Waals surface area contributed by atoms with Crippen LogP contribution in [0.15, 0.2) is 235 Å². The predicted octanol–water partition coefficient (Wildman–Crippen LogP) is 15.9. The first kappa shape index (κ1) is 35.2. The Kier molecular flexibility index (Phi) is 8.83. The van der Waals surface area contributed by atoms with Crippen molar-refractivity contribution in [1.82, 2.24) is 4.98 Å². The molecule has 0 unspecified atom stereocenters. The molecule has 0 atom stereocenters. The number of nitrogens with zero attached hydrogens (tertiary/aromatic N) is 2. The van der Waals surface area contributed by atoms with E-state index < -0.39 is 0 Å². The van der Waals surface area contributed by atoms with E-state index in [2.05, 4.69) is 199 Å². The molecule has 0 aliphatic heterocycles. The van der Waals surface area contributed by atoms with E-state index in [1.165, 1.54) is 44.2 Å². The monoisotopic (exact) mass is 766 g/mol. The summed E-state index contributed by atoms with van der Waals surface area (Å²) in [5.74, 6) is 0.636. The van der Waals surface area contributed by atoms with Crippen molar-refractivity contribution in [3.63, 3.8) is 0 Å². The molecular weight excluding hydrogens is 729 g/mol. The normalized spacial score (nSPS) is 11.3. The Balaban J connectivity index is 0.979. The smallest absolute Gasteiger partial charge is 0.227 e. The second-order valence-electron chi connectivity index (χ2n) is 15.1. The van der Waals surface area contributed by atoms with Crippen LogP contribution in [0.1, 0.15) is 0 Å². The maximum Gasteiger partial charge on any atom is 0.227 e. The van der Waals surface area contributed by atoms with Crippen LogP contribution in [0.5, 0.6) is 0 Å². The van der Waals surface area contributed by atoms with Crippen LogP contribution in [0.25, 0.3) is 88.6 Å². The van der Waals surface area contributed by atoms with Crippen LogP contribution >= 0.6 is 0 Å². The average Bonchev–Trinajstić information content (AvgIpc) is 3.78. The Morgan fingerprint density at radius 1 is 0.317 bits per heavy atom. The van der Waals surface area contributed by atoms with Crippen molar-refractivity contribution in [2.45, 2.75) is 0 Å². The molecule has 11 rings (SSSR count). The summed E-state index contributed by atoms with van der Waals surface area (Å²) in [4.78, 5) is 7.28. The molecule has 3 nitrogen and oxygen atoms in total. The van der Waals surface area contributed by atoms with Crippen LogP contribution in [0.4, 0.5) is 17.1 Å². The van der Waals surface area contributed by atoms with E-state index in [4.69, 9.17) is 9.40 Å². The molecule has 0 radical (unpaired) electrons. The molecule has 0 N–H and O–H groups in total. The highest BCUT2D eigenvalue weighted by molar-refractivity contribution is 6.06. The molecule has 0 spiro atoms. The van der Waals surface area contributed by atoms with Gasteiger partial charge in [-0.05, 0) is 121 Å². The fraction of sp³-hybridized carbons (Fsp3) is 0. The number of para-hydroxylation sites is 1. The molecule has 0 saturated heterocycles. The summed E-state index contributed by atoms with van der Waals surface area (Å²) in [7, 11) is 0. The number of hydrogen-bond acceptors (Lipinski definition) is 3. The van der Waals surface area contributed by atoms with Gasteiger partial charge in [0.2, 0.25) is 5.89 Å². The number of rotatable bonds is 8. The Labute approximate surface area is 349 Å². The number of fused-ring (bicyclic) bond motifs is 4. The van der Waals surface area contributed by atoms with Crippen LogP contribution in [0.2, 0.25) is 0 Å². The number of anilines is 3. The molecule has 0 amide bonds. The highest BCUT2D eigenvalue weighted by Crippen LogP contribution is 2.43. The highest BCUT2D eigenvalue weighted by atomic mass is 16.3. The van der Waals surface area contributed by atoms with Crippen molar-refractivity contribution in [2.24, 2.45) is 0 Å². The first-order chi connectivity index (χ1) is 29.7. The number of hydrogen-bond donors (Lipinski definition) is 0. The van der Waals surface area contributed by atoms with E-state index >= 15 is 0 Å². The summed E-state index contributed by atoms with van der Waals surface area (Å²) in [6.07, 6.45) is 0. The molecule has 282 valence electrons. The first-order valence-corrected chi connectivity index (χ1v) is 20.4. The average molecular weight is 767 g/mol. The minimum atomic E-state index is 0.636. The van der Waals surface area contributed by atoms with E-state index in [0.717, 1.165) is 55.6 Å². The SMILES string of the molecule is c1ccc(-c2nc3c(ccc4cc(-c5ccccc5-c5ccc(N(c6ccccc6)c6ccc(-c7cccc8ccccc78)c(-c7ccccc7)c6)cc5)ccc43)o2)cc1. The summed E-state index contributed by atoms with van der Waals surface area (Å²) in [5.41, 5.74) is 15.3. The number of oxazole rings is 1. The molecule has 0 aliphatic carbocycles. The predicted molar refractivity (Wildman–Crippen MR) is 251 cm³/mol. The van der Waals surface area contributed by atoms with E-state index in [9.17, 15) is 0 Å². The third kappa shape index (κ3) is 6.39. The maximum atomic E-state index is 6.19. The van der Waals surface area contributed by atoms with Gasteiger partial charge in [-0.15, -0.1) is 0 Å². The second-order valence-corrected chi connectivity index (χ2v) is 15.1. The maximum absolute atomic E-state index is 6.19. The summed E-state index contributed by atoms with van der Waals surface area (Å²) >= 11 is 0. The second kappa shape index (κ2) is 15.1. The fourth-order valence-electron chi connectivity index (χ4n) is 8.62. The van der Waals surface area contributed by atoms with Gasteiger partial charge in [-0.2, -0.15) is 0 Å². The summed E-state index contributed by atoms with van der Waals surface area (Å²) in [6, 6.07) is 82.0. The Morgan fingerprint density at radius 2 is 0.900 bits per heavy atom. The summed E-state index contributed by atoms with van der Waals surface area (Å²) in [6.45, 7) is 0. The zero-order valence-electron chi connectivity index (χ0n) is 32.7. The lowest BCUT2D eigenvalue weighted by atomic mass is 9.90. The molecule has 60 heavy (non-hydrogen) atoms. The molecular formula is C57H38N2O. The van der Waals surface area contributed by atoms with Crippen LogP contribution in [-0.2, 0) is 0 Å². The lowest BCUT2D eigenvalue weighted by molar-refractivity contribution is 0.620. The van der Waals surface area contributed by atoms with E-state index in [-0.39, 0.29) is 0 Å². The zero-order valence-corrected chi connectivity index (χ0v) is 32.7. The number of benzene rings is 10. The standard InChI is InChI=1S/C57H38N2O/c1-4-15-40(16-5-1)54-38-47(33-35-53(54)52-26-14-20-39-17-10-11-24-49(39)52)59(45-21-8-3-9-22-45)46-31-27-41(28-32-46)48-23-12-13-25-50(48)43-29-34-51-44(37-43)30-36-55-56(51)58-57(60-55)42-18-6-2-7-19-42/h1-38H. The van der Waals surface area contributed by atoms with Crippen molar-refractivity contribution >= 4 is 49.7 Å². The first-order valence-electron chi connectivity index (χ1n) is 20.4. The van der Waals surface area contributed by atoms with Crippen molar-refractivity contribution < 1.29 is 4.42 Å². The van der Waals surface area contributed by atoms with Gasteiger partial charge in [-0.25, -0.2) is 4.98 Å². The molecule has 1 aromatic heterocycles. The largest absolute Gasteiger partial charge is 0.436 e. The molecule has 3 heteroatoms. The molecule has 0 fully saturated rings. The van der Waals surface area contributed by atoms with Crippen molar-refractivity contribution in [3.8, 4) is 56.0 Å². The third-order valence-electron chi connectivity index (χ3n) is 11.5. The van der Waals surface area contributed by atoms with Crippen molar-refractivity contribution in [3.05, 3.63) is 231 Å². The van der Waals surface area contributed by atoms with Crippen molar-refractivity contribution in [1.29, 1.82) is 0 Å². The lowest BCUT2D eigenvalue weighted by Gasteiger charge is -2.27. The zero-order chi connectivity index (χ0) is 39.8. The van der Waals surface area contributed by atoms with Gasteiger partial charge in [0.25, 0.3) is 0 Å². The molecule has 0 bridgehead atoms. The summed E-state index contributed by atoms with van der Waals surface area (Å²) in [5, 5.41) is 4.68. The van der Waals surface area contributed by atoms with Gasteiger partial charge in [0, 0.05) is 28.0 Å². The molecule has 11 aromatic rings. The van der Waals surface area contributed by atoms with Gasteiger partial charge in [0.15, 0.2) is 5.58 Å². The van der Waals surface area contributed by atoms with E-state index in [0.29, 0.717) is 5.89 Å². The van der Waals surface area contributed by atoms with Gasteiger partial charge in [0.1, 0.15) is 5.52 Å². The quantitative estimate of drug-likeness (QED) is 0.154. The summed E-state index contributed by atoms with van der Waals surface area (Å²) < 4.78 is 6.19. The fourth-order valence-corrected chi connectivity index (χ4v) is 8.62. The van der Waals surface area contributed by atoms with Gasteiger partial charge in [-0.1, -0.05) is 170 Å². The van der Waals surface area contributed by atoms with Crippen molar-refractivity contribution in [2.75, 3.05) is 4.90 Å². The van der Waals surface area contributed by atoms with Crippen LogP contribution in [0, 0.1) is 0 Å². The molecule has 0 aliphatic rings. The van der Waals surface area contributed by atoms with E-state index in [1.807, 2.05) is 36.4 Å². The van der Waals surface area contributed by atoms with E-state index in [1.54, 1.807) is 0 Å². The van der Waals surface area contributed by atoms with Gasteiger partial charge >= 0.3 is 0 Å². The number of aromatic nitrogens is 1. The third-order valence-corrected chi connectivity index (χ3v) is 11.5. The Morgan fingerprint density at radius 3 is 1.68 bits per heavy atom. The molecule has 1 heterocycles. The topological polar surface area (TPSA) is 29.3 Å². The Bertz CT molecular complexity index is 3290. The van der Waals surface area contributed by atoms with Gasteiger partial charge < -0.3 is 9.32 Å². The lowest BCUT2D eigenvalue weighted by Crippen LogP contribution is -2.10. The Hall–Kier alpha value is -8.01. The minimum absolute atomic E-state index is 0.636. The highest BCUT2D eigenvalue weighted by Gasteiger charge is 2.18. The van der Waals surface area contributed by atoms with Crippen LogP contribution in [-0.4, -0.2) is 4.98 Å². The van der Waals surface area contributed by atoms with Crippen LogP contribution in [0.3, 0.4) is 0 Å². The minimum Gasteiger partial charge on any atom is -0.436 e. The van der Waals surface area contributed by atoms with Crippen LogP contribution < -0.4 is 4.90 Å². The van der Waals surface area contributed by atoms with Gasteiger partial charge in [0.05, 0.1) is 0 Å². The molecule has 0 saturated carbocycles. The van der Waals surface area contributed by atoms with Gasteiger partial charge in [-0.3, -0.25) is 0 Å².